The van der Waals surface area contributed by atoms with Crippen LogP contribution in [-0.2, 0) is 14.3 Å². The molecule has 0 radical (unpaired) electrons. The van der Waals surface area contributed by atoms with Crippen LogP contribution in [0.2, 0.25) is 0 Å². The number of hydrogen-bond donors (Lipinski definition) is 2. The molecule has 126 valence electrons. The van der Waals surface area contributed by atoms with Crippen LogP contribution in [0.25, 0.3) is 0 Å². The average Bonchev–Trinajstić information content (AvgIpc) is 2.52. The van der Waals surface area contributed by atoms with Crippen molar-refractivity contribution in [1.82, 2.24) is 0 Å². The van der Waals surface area contributed by atoms with Crippen LogP contribution in [0.15, 0.2) is 12.1 Å². The van der Waals surface area contributed by atoms with Crippen molar-refractivity contribution in [2.75, 3.05) is 13.7 Å². The first-order chi connectivity index (χ1) is 10.7. The normalized spacial score (nSPS) is 13.1. The van der Waals surface area contributed by atoms with E-state index in [1.54, 1.807) is 0 Å². The van der Waals surface area contributed by atoms with Crippen LogP contribution in [0.5, 0.6) is 0 Å². The minimum atomic E-state index is -2.15. The number of methoxy groups -OCH3 is 1. The molecule has 2 unspecified atom stereocenters. The Morgan fingerprint density at radius 1 is 1.39 bits per heavy atom. The summed E-state index contributed by atoms with van der Waals surface area (Å²) in [5, 5.41) is 30.4. The molecule has 2 N–H and O–H groups in total. The van der Waals surface area contributed by atoms with Crippen molar-refractivity contribution in [2.45, 2.75) is 19.1 Å². The molecule has 0 amide bonds. The maximum atomic E-state index is 14.0. The summed E-state index contributed by atoms with van der Waals surface area (Å²) in [7, 11) is 0.956. The fraction of sp³-hybridized carbons (Fsp3) is 0.385. The molecule has 9 nitrogen and oxygen atoms in total. The van der Waals surface area contributed by atoms with Crippen molar-refractivity contribution in [3.8, 4) is 0 Å². The minimum Gasteiger partial charge on any atom is -0.465 e. The molecule has 0 heterocycles. The number of ether oxygens (including phenoxy) is 2. The molecule has 0 aliphatic heterocycles. The fourth-order valence-corrected chi connectivity index (χ4v) is 1.76. The third kappa shape index (κ3) is 3.99. The van der Waals surface area contributed by atoms with Gasteiger partial charge in [-0.25, -0.2) is 14.0 Å². The smallest absolute Gasteiger partial charge is 0.344 e. The minimum absolute atomic E-state index is 0.0908. The topological polar surface area (TPSA) is 136 Å². The SMILES string of the molecule is CCOC(=O)C(O)C(O)c1cc([N+](=O)[O-])c(C(=O)OC)cc1F. The Bertz CT molecular complexity index is 633. The second kappa shape index (κ2) is 7.61. The number of aliphatic hydroxyl groups is 2. The molecule has 0 bridgehead atoms. The molecule has 10 heteroatoms. The van der Waals surface area contributed by atoms with Gasteiger partial charge in [0.15, 0.2) is 6.10 Å². The lowest BCUT2D eigenvalue weighted by atomic mass is 10.0. The number of nitrogens with zero attached hydrogens (tertiary/aromatic N) is 1. The molecule has 0 saturated heterocycles. The maximum Gasteiger partial charge on any atom is 0.344 e. The molecule has 1 aromatic carbocycles. The van der Waals surface area contributed by atoms with Crippen LogP contribution in [0.3, 0.4) is 0 Å². The first-order valence-electron chi connectivity index (χ1n) is 6.33. The lowest BCUT2D eigenvalue weighted by Gasteiger charge is -2.17. The molecular weight excluding hydrogens is 317 g/mol. The highest BCUT2D eigenvalue weighted by molar-refractivity contribution is 5.94. The molecule has 0 spiro atoms. The molecule has 2 atom stereocenters. The summed E-state index contributed by atoms with van der Waals surface area (Å²) in [6.45, 7) is 1.36. The van der Waals surface area contributed by atoms with Crippen LogP contribution in [0, 0.1) is 15.9 Å². The quantitative estimate of drug-likeness (QED) is 0.436. The zero-order valence-corrected chi connectivity index (χ0v) is 12.2. The highest BCUT2D eigenvalue weighted by Gasteiger charge is 2.33. The number of hydrogen-bond acceptors (Lipinski definition) is 8. The second-order valence-electron chi connectivity index (χ2n) is 4.28. The van der Waals surface area contributed by atoms with Crippen molar-refractivity contribution in [1.29, 1.82) is 0 Å². The standard InChI is InChI=1S/C13H14FNO8/c1-3-23-13(19)11(17)10(16)6-5-9(15(20)21)7(4-8(6)14)12(18)22-2/h4-5,10-11,16-17H,3H2,1-2H3. The van der Waals surface area contributed by atoms with Crippen molar-refractivity contribution in [2.24, 2.45) is 0 Å². The van der Waals surface area contributed by atoms with E-state index in [0.717, 1.165) is 7.11 Å². The molecule has 0 aliphatic carbocycles. The van der Waals surface area contributed by atoms with Gasteiger partial charge in [0.25, 0.3) is 5.69 Å². The number of rotatable bonds is 6. The molecule has 0 aliphatic rings. The average molecular weight is 331 g/mol. The zero-order chi connectivity index (χ0) is 17.7. The van der Waals surface area contributed by atoms with Crippen LogP contribution in [-0.4, -0.2) is 46.9 Å². The molecule has 23 heavy (non-hydrogen) atoms. The summed E-state index contributed by atoms with van der Waals surface area (Å²) in [4.78, 5) is 32.8. The van der Waals surface area contributed by atoms with E-state index >= 15 is 0 Å². The van der Waals surface area contributed by atoms with Crippen LogP contribution in [0.4, 0.5) is 10.1 Å². The van der Waals surface area contributed by atoms with Gasteiger partial charge < -0.3 is 19.7 Å². The molecule has 0 fully saturated rings. The Labute approximate surface area is 129 Å². The van der Waals surface area contributed by atoms with Gasteiger partial charge >= 0.3 is 11.9 Å². The fourth-order valence-electron chi connectivity index (χ4n) is 1.76. The van der Waals surface area contributed by atoms with Gasteiger partial charge in [-0.2, -0.15) is 0 Å². The van der Waals surface area contributed by atoms with E-state index in [4.69, 9.17) is 0 Å². The number of aliphatic hydroxyl groups excluding tert-OH is 2. The number of esters is 2. The Balaban J connectivity index is 3.32. The van der Waals surface area contributed by atoms with Crippen LogP contribution in [0.1, 0.15) is 28.9 Å². The van der Waals surface area contributed by atoms with Gasteiger partial charge in [-0.3, -0.25) is 10.1 Å². The highest BCUT2D eigenvalue weighted by atomic mass is 19.1. The zero-order valence-electron chi connectivity index (χ0n) is 12.2. The summed E-state index contributed by atoms with van der Waals surface area (Å²) >= 11 is 0. The maximum absolute atomic E-state index is 14.0. The summed E-state index contributed by atoms with van der Waals surface area (Å²) < 4.78 is 22.8. The van der Waals surface area contributed by atoms with E-state index in [0.29, 0.717) is 12.1 Å². The summed E-state index contributed by atoms with van der Waals surface area (Å²) in [6, 6.07) is 1.04. The predicted molar refractivity (Wildman–Crippen MR) is 72.0 cm³/mol. The third-order valence-electron chi connectivity index (χ3n) is 2.86. The Morgan fingerprint density at radius 3 is 2.48 bits per heavy atom. The van der Waals surface area contributed by atoms with Gasteiger partial charge in [-0.15, -0.1) is 0 Å². The first-order valence-corrected chi connectivity index (χ1v) is 6.33. The number of nitro groups is 1. The van der Waals surface area contributed by atoms with Crippen molar-refractivity contribution < 1.29 is 38.6 Å². The summed E-state index contributed by atoms with van der Waals surface area (Å²) in [6.07, 6.45) is -4.26. The monoisotopic (exact) mass is 331 g/mol. The number of carbonyl (C=O) groups is 2. The van der Waals surface area contributed by atoms with E-state index < -0.39 is 51.7 Å². The summed E-state index contributed by atoms with van der Waals surface area (Å²) in [5.41, 5.74) is -2.25. The summed E-state index contributed by atoms with van der Waals surface area (Å²) in [5.74, 6) is -3.60. The lowest BCUT2D eigenvalue weighted by molar-refractivity contribution is -0.385. The Hall–Kier alpha value is -2.59. The van der Waals surface area contributed by atoms with E-state index in [-0.39, 0.29) is 6.61 Å². The predicted octanol–water partition coefficient (Wildman–Crippen LogP) is 0.478. The largest absolute Gasteiger partial charge is 0.465 e. The van der Waals surface area contributed by atoms with E-state index in [1.165, 1.54) is 6.92 Å². The van der Waals surface area contributed by atoms with Gasteiger partial charge in [-0.05, 0) is 13.0 Å². The van der Waals surface area contributed by atoms with Crippen LogP contribution < -0.4 is 0 Å². The second-order valence-corrected chi connectivity index (χ2v) is 4.28. The van der Waals surface area contributed by atoms with Gasteiger partial charge in [0, 0.05) is 11.6 Å². The van der Waals surface area contributed by atoms with E-state index in [9.17, 15) is 34.3 Å². The molecular formula is C13H14FNO8. The van der Waals surface area contributed by atoms with E-state index in [2.05, 4.69) is 9.47 Å². The van der Waals surface area contributed by atoms with Crippen molar-refractivity contribution >= 4 is 17.6 Å². The Kier molecular flexibility index (Phi) is 6.10. The molecule has 0 aromatic heterocycles. The highest BCUT2D eigenvalue weighted by Crippen LogP contribution is 2.29. The van der Waals surface area contributed by atoms with Gasteiger partial charge in [0.1, 0.15) is 17.5 Å². The molecule has 1 aromatic rings. The van der Waals surface area contributed by atoms with Crippen molar-refractivity contribution in [3.05, 3.63) is 39.2 Å². The Morgan fingerprint density at radius 2 is 2.00 bits per heavy atom. The van der Waals surface area contributed by atoms with Gasteiger partial charge in [-0.1, -0.05) is 0 Å². The number of carbonyl (C=O) groups excluding carboxylic acids is 2. The molecule has 1 rings (SSSR count). The number of benzene rings is 1. The number of halogens is 1. The third-order valence-corrected chi connectivity index (χ3v) is 2.86. The van der Waals surface area contributed by atoms with Gasteiger partial charge in [0.05, 0.1) is 18.6 Å². The van der Waals surface area contributed by atoms with Gasteiger partial charge in [0.2, 0.25) is 0 Å². The number of nitro benzene ring substituents is 1. The lowest BCUT2D eigenvalue weighted by Crippen LogP contribution is -2.30. The molecule has 0 saturated carbocycles. The first kappa shape index (κ1) is 18.5. The van der Waals surface area contributed by atoms with Crippen LogP contribution >= 0.6 is 0 Å². The van der Waals surface area contributed by atoms with E-state index in [1.807, 2.05) is 0 Å². The van der Waals surface area contributed by atoms with Crippen molar-refractivity contribution in [3.63, 3.8) is 0 Å².